The number of thioether (sulfide) groups is 1. The van der Waals surface area contributed by atoms with Gasteiger partial charge in [-0.05, 0) is 42.0 Å². The van der Waals surface area contributed by atoms with Crippen LogP contribution >= 0.6 is 24.0 Å². The molecule has 150 valence electrons. The Labute approximate surface area is 172 Å². The lowest BCUT2D eigenvalue weighted by atomic mass is 10.2. The van der Waals surface area contributed by atoms with Crippen LogP contribution < -0.4 is 4.74 Å². The van der Waals surface area contributed by atoms with E-state index in [1.54, 1.807) is 24.3 Å². The Morgan fingerprint density at radius 1 is 1.17 bits per heavy atom. The quantitative estimate of drug-likeness (QED) is 0.534. The minimum atomic E-state index is -4.48. The zero-order valence-corrected chi connectivity index (χ0v) is 16.1. The molecule has 1 heterocycles. The summed E-state index contributed by atoms with van der Waals surface area (Å²) in [6.45, 7) is -0.527. The first-order valence-corrected chi connectivity index (χ1v) is 9.28. The maximum absolute atomic E-state index is 12.8. The van der Waals surface area contributed by atoms with Crippen molar-refractivity contribution in [2.45, 2.75) is 6.18 Å². The maximum Gasteiger partial charge on any atom is 0.416 e. The summed E-state index contributed by atoms with van der Waals surface area (Å²) in [5, 5.41) is 8.86. The number of thiocarbonyl (C=S) groups is 1. The Bertz CT molecular complexity index is 1020. The predicted octanol–water partition coefficient (Wildman–Crippen LogP) is 4.78. The monoisotopic (exact) mass is 439 g/mol. The number of hydrogen-bond donors (Lipinski definition) is 1. The van der Waals surface area contributed by atoms with E-state index in [0.29, 0.717) is 5.56 Å². The van der Waals surface area contributed by atoms with Gasteiger partial charge in [-0.1, -0.05) is 42.2 Å². The first kappa shape index (κ1) is 20.9. The van der Waals surface area contributed by atoms with Gasteiger partial charge in [-0.15, -0.1) is 0 Å². The molecule has 0 unspecified atom stereocenters. The van der Waals surface area contributed by atoms with Gasteiger partial charge in [0.2, 0.25) is 0 Å². The molecule has 2 aromatic rings. The zero-order valence-electron chi connectivity index (χ0n) is 14.5. The van der Waals surface area contributed by atoms with Crippen LogP contribution in [0.1, 0.15) is 11.1 Å². The van der Waals surface area contributed by atoms with Gasteiger partial charge in [0, 0.05) is 0 Å². The van der Waals surface area contributed by atoms with Crippen LogP contribution in [0.5, 0.6) is 11.5 Å². The molecule has 0 bridgehead atoms. The van der Waals surface area contributed by atoms with Crippen LogP contribution in [0.15, 0.2) is 53.4 Å². The number of alkyl halides is 3. The number of amides is 1. The van der Waals surface area contributed by atoms with Gasteiger partial charge in [-0.25, -0.2) is 0 Å². The number of carboxylic acid groups (broad SMARTS) is 1. The molecule has 1 saturated heterocycles. The van der Waals surface area contributed by atoms with Crippen molar-refractivity contribution >= 4 is 46.3 Å². The van der Waals surface area contributed by atoms with E-state index in [0.717, 1.165) is 28.8 Å². The highest BCUT2D eigenvalue weighted by atomic mass is 32.2. The normalized spacial score (nSPS) is 15.8. The number of ether oxygens (including phenoxy) is 1. The third-order valence-electron chi connectivity index (χ3n) is 3.72. The van der Waals surface area contributed by atoms with Gasteiger partial charge in [0.1, 0.15) is 22.4 Å². The number of carbonyl (C=O) groups is 2. The van der Waals surface area contributed by atoms with E-state index in [1.807, 2.05) is 0 Å². The summed E-state index contributed by atoms with van der Waals surface area (Å²) in [6, 6.07) is 10.9. The van der Waals surface area contributed by atoms with Crippen LogP contribution in [-0.4, -0.2) is 32.7 Å². The van der Waals surface area contributed by atoms with Gasteiger partial charge in [0.15, 0.2) is 0 Å². The summed E-state index contributed by atoms with van der Waals surface area (Å²) < 4.78 is 44.1. The Kier molecular flexibility index (Phi) is 5.94. The van der Waals surface area contributed by atoms with Crippen LogP contribution in [0.2, 0.25) is 0 Å². The molecule has 0 atom stereocenters. The third kappa shape index (κ3) is 5.15. The van der Waals surface area contributed by atoms with Crippen LogP contribution in [0, 0.1) is 0 Å². The van der Waals surface area contributed by atoms with Gasteiger partial charge in [-0.2, -0.15) is 13.2 Å². The SMILES string of the molecule is O=C(O)CN1C(=O)/C(=C\c2cccc(Oc3cccc(C(F)(F)F)c3)c2)SC1=S. The molecule has 1 aliphatic heterocycles. The molecule has 0 saturated carbocycles. The number of halogens is 3. The van der Waals surface area contributed by atoms with Crippen molar-refractivity contribution in [2.75, 3.05) is 6.54 Å². The second-order valence-corrected chi connectivity index (χ2v) is 7.54. The Morgan fingerprint density at radius 2 is 1.83 bits per heavy atom. The summed E-state index contributed by atoms with van der Waals surface area (Å²) in [5.41, 5.74) is -0.279. The molecule has 29 heavy (non-hydrogen) atoms. The molecule has 0 aliphatic carbocycles. The first-order chi connectivity index (χ1) is 13.6. The number of rotatable bonds is 5. The van der Waals surface area contributed by atoms with E-state index in [9.17, 15) is 22.8 Å². The second kappa shape index (κ2) is 8.26. The topological polar surface area (TPSA) is 66.8 Å². The molecule has 1 aliphatic rings. The van der Waals surface area contributed by atoms with Crippen molar-refractivity contribution in [1.82, 2.24) is 4.90 Å². The predicted molar refractivity (Wildman–Crippen MR) is 105 cm³/mol. The largest absolute Gasteiger partial charge is 0.480 e. The number of benzene rings is 2. The molecule has 0 radical (unpaired) electrons. The number of aliphatic carboxylic acids is 1. The Balaban J connectivity index is 1.80. The average molecular weight is 439 g/mol. The maximum atomic E-state index is 12.8. The third-order valence-corrected chi connectivity index (χ3v) is 5.10. The number of hydrogen-bond acceptors (Lipinski definition) is 5. The van der Waals surface area contributed by atoms with E-state index in [4.69, 9.17) is 22.1 Å². The van der Waals surface area contributed by atoms with Gasteiger partial charge >= 0.3 is 12.1 Å². The molecule has 1 amide bonds. The van der Waals surface area contributed by atoms with E-state index < -0.39 is 30.2 Å². The highest BCUT2D eigenvalue weighted by molar-refractivity contribution is 8.26. The van der Waals surface area contributed by atoms with E-state index >= 15 is 0 Å². The van der Waals surface area contributed by atoms with Crippen molar-refractivity contribution in [3.05, 3.63) is 64.6 Å². The first-order valence-electron chi connectivity index (χ1n) is 8.06. The van der Waals surface area contributed by atoms with Crippen molar-refractivity contribution in [3.63, 3.8) is 0 Å². The summed E-state index contributed by atoms with van der Waals surface area (Å²) in [7, 11) is 0. The van der Waals surface area contributed by atoms with Gasteiger partial charge in [0.05, 0.1) is 10.5 Å². The molecule has 0 aromatic heterocycles. The number of carbonyl (C=O) groups excluding carboxylic acids is 1. The fraction of sp³-hybridized carbons (Fsp3) is 0.105. The van der Waals surface area contributed by atoms with E-state index in [2.05, 4.69) is 0 Å². The van der Waals surface area contributed by atoms with Crippen molar-refractivity contribution in [3.8, 4) is 11.5 Å². The number of nitrogens with zero attached hydrogens (tertiary/aromatic N) is 1. The molecule has 3 rings (SSSR count). The molecule has 0 spiro atoms. The second-order valence-electron chi connectivity index (χ2n) is 5.86. The summed E-state index contributed by atoms with van der Waals surface area (Å²) in [5.74, 6) is -1.41. The van der Waals surface area contributed by atoms with Gasteiger partial charge < -0.3 is 9.84 Å². The van der Waals surface area contributed by atoms with Crippen molar-refractivity contribution in [2.24, 2.45) is 0 Å². The molecule has 2 aromatic carbocycles. The van der Waals surface area contributed by atoms with Crippen LogP contribution in [0.3, 0.4) is 0 Å². The molecule has 1 fully saturated rings. The van der Waals surface area contributed by atoms with Gasteiger partial charge in [-0.3, -0.25) is 14.5 Å². The fourth-order valence-corrected chi connectivity index (χ4v) is 3.72. The van der Waals surface area contributed by atoms with Crippen LogP contribution in [0.25, 0.3) is 6.08 Å². The standard InChI is InChI=1S/C19H12F3NO4S2/c20-19(21,22)12-4-2-6-14(9-12)27-13-5-1-3-11(7-13)8-15-17(26)23(10-16(24)25)18(28)29-15/h1-9H,10H2,(H,24,25)/b15-8+. The highest BCUT2D eigenvalue weighted by Gasteiger charge is 2.33. The lowest BCUT2D eigenvalue weighted by Crippen LogP contribution is -2.33. The van der Waals surface area contributed by atoms with Crippen molar-refractivity contribution < 1.29 is 32.6 Å². The zero-order chi connectivity index (χ0) is 21.2. The fourth-order valence-electron chi connectivity index (χ4n) is 2.46. The van der Waals surface area contributed by atoms with E-state index in [-0.39, 0.29) is 20.7 Å². The summed E-state index contributed by atoms with van der Waals surface area (Å²) >= 11 is 6.00. The average Bonchev–Trinajstić information content (AvgIpc) is 2.89. The Morgan fingerprint density at radius 3 is 2.48 bits per heavy atom. The lowest BCUT2D eigenvalue weighted by Gasteiger charge is -2.10. The molecular weight excluding hydrogens is 427 g/mol. The lowest BCUT2D eigenvalue weighted by molar-refractivity contribution is -0.140. The summed E-state index contributed by atoms with van der Waals surface area (Å²) in [6.07, 6.45) is -2.97. The van der Waals surface area contributed by atoms with Crippen molar-refractivity contribution in [1.29, 1.82) is 0 Å². The van der Waals surface area contributed by atoms with Gasteiger partial charge in [0.25, 0.3) is 5.91 Å². The van der Waals surface area contributed by atoms with Crippen LogP contribution in [0.4, 0.5) is 13.2 Å². The molecule has 1 N–H and O–H groups in total. The molecule has 5 nitrogen and oxygen atoms in total. The number of carboxylic acids is 1. The van der Waals surface area contributed by atoms with Crippen LogP contribution in [-0.2, 0) is 15.8 Å². The summed E-state index contributed by atoms with van der Waals surface area (Å²) in [4.78, 5) is 24.4. The minimum Gasteiger partial charge on any atom is -0.480 e. The highest BCUT2D eigenvalue weighted by Crippen LogP contribution is 2.34. The Hall–Kier alpha value is -2.85. The molecular formula is C19H12F3NO4S2. The minimum absolute atomic E-state index is 0.0183. The smallest absolute Gasteiger partial charge is 0.416 e. The van der Waals surface area contributed by atoms with E-state index in [1.165, 1.54) is 18.2 Å². The molecule has 10 heteroatoms.